The molecule has 2 aromatic carbocycles. The van der Waals surface area contributed by atoms with Crippen LogP contribution >= 0.6 is 0 Å². The molecule has 3 aromatic rings. The van der Waals surface area contributed by atoms with E-state index in [1.807, 2.05) is 36.0 Å². The number of aromatic nitrogens is 2. The molecule has 2 N–H and O–H groups in total. The number of hydrogen-bond acceptors (Lipinski definition) is 3. The number of nitrogen functional groups attached to an aromatic ring is 1. The van der Waals surface area contributed by atoms with Gasteiger partial charge in [0, 0.05) is 23.0 Å². The van der Waals surface area contributed by atoms with Gasteiger partial charge in [0.15, 0.2) is 0 Å². The van der Waals surface area contributed by atoms with E-state index in [0.29, 0.717) is 11.4 Å². The molecule has 102 valence electrons. The number of hydrogen-bond donors (Lipinski definition) is 1. The van der Waals surface area contributed by atoms with Crippen molar-refractivity contribution in [2.75, 3.05) is 5.73 Å². The average molecular weight is 285 g/mol. The lowest BCUT2D eigenvalue weighted by atomic mass is 10.2. The summed E-state index contributed by atoms with van der Waals surface area (Å²) in [7, 11) is 0.784. The highest BCUT2D eigenvalue weighted by atomic mass is 32.2. The maximum atomic E-state index is 12.4. The Hall–Kier alpha value is -2.14. The molecule has 1 unspecified atom stereocenters. The number of rotatable bonds is 3. The Kier molecular flexibility index (Phi) is 3.28. The van der Waals surface area contributed by atoms with Gasteiger partial charge in [0.25, 0.3) is 0 Å². The Morgan fingerprint density at radius 2 is 1.85 bits per heavy atom. The molecule has 0 fully saturated rings. The van der Waals surface area contributed by atoms with Crippen LogP contribution < -0.4 is 5.73 Å². The fraction of sp³-hybridized carbons (Fsp3) is 0.133. The quantitative estimate of drug-likeness (QED) is 0.752. The summed E-state index contributed by atoms with van der Waals surface area (Å²) in [6, 6.07) is 15.1. The van der Waals surface area contributed by atoms with E-state index >= 15 is 0 Å². The predicted octanol–water partition coefficient (Wildman–Crippen LogP) is 2.46. The van der Waals surface area contributed by atoms with Crippen molar-refractivity contribution in [1.82, 2.24) is 9.78 Å². The van der Waals surface area contributed by atoms with E-state index in [1.54, 1.807) is 24.3 Å². The van der Waals surface area contributed by atoms with E-state index in [-0.39, 0.29) is 0 Å². The Morgan fingerprint density at radius 1 is 1.15 bits per heavy atom. The average Bonchev–Trinajstić information content (AvgIpc) is 2.77. The van der Waals surface area contributed by atoms with Crippen LogP contribution in [0.2, 0.25) is 0 Å². The van der Waals surface area contributed by atoms with Crippen LogP contribution in [0.25, 0.3) is 10.9 Å². The number of anilines is 1. The van der Waals surface area contributed by atoms with Crippen LogP contribution in [0.4, 0.5) is 5.69 Å². The van der Waals surface area contributed by atoms with E-state index in [0.717, 1.165) is 21.5 Å². The molecule has 5 heteroatoms. The second-order valence-electron chi connectivity index (χ2n) is 4.65. The molecule has 0 saturated heterocycles. The zero-order chi connectivity index (χ0) is 14.1. The lowest BCUT2D eigenvalue weighted by Crippen LogP contribution is -1.99. The van der Waals surface area contributed by atoms with Crippen molar-refractivity contribution in [3.05, 3.63) is 54.2 Å². The largest absolute Gasteiger partial charge is 0.399 e. The fourth-order valence-electron chi connectivity index (χ4n) is 2.22. The van der Waals surface area contributed by atoms with E-state index in [2.05, 4.69) is 5.10 Å². The number of para-hydroxylation sites is 1. The van der Waals surface area contributed by atoms with E-state index in [9.17, 15) is 4.21 Å². The summed E-state index contributed by atoms with van der Waals surface area (Å²) in [5, 5.41) is 5.53. The second kappa shape index (κ2) is 5.09. The maximum Gasteiger partial charge on any atom is 0.0831 e. The molecule has 3 rings (SSSR count). The second-order valence-corrected chi connectivity index (χ2v) is 6.10. The fourth-order valence-corrected chi connectivity index (χ4v) is 3.29. The number of aryl methyl sites for hydroxylation is 1. The minimum atomic E-state index is -1.12. The van der Waals surface area contributed by atoms with Crippen molar-refractivity contribution in [3.63, 3.8) is 0 Å². The van der Waals surface area contributed by atoms with Crippen LogP contribution in [0, 0.1) is 0 Å². The van der Waals surface area contributed by atoms with Crippen molar-refractivity contribution in [2.24, 2.45) is 7.05 Å². The first-order valence-corrected chi connectivity index (χ1v) is 7.61. The standard InChI is InChI=1S/C15H15N3OS/c1-18-15-5-3-2-4-13(15)14(17-18)10-20(19)12-8-6-11(16)7-9-12/h2-9H,10,16H2,1H3. The van der Waals surface area contributed by atoms with Crippen LogP contribution in [0.15, 0.2) is 53.4 Å². The van der Waals surface area contributed by atoms with E-state index < -0.39 is 10.8 Å². The van der Waals surface area contributed by atoms with Crippen molar-refractivity contribution >= 4 is 27.4 Å². The minimum absolute atomic E-state index is 0.408. The van der Waals surface area contributed by atoms with Gasteiger partial charge in [-0.25, -0.2) is 0 Å². The van der Waals surface area contributed by atoms with Gasteiger partial charge in [-0.1, -0.05) is 18.2 Å². The van der Waals surface area contributed by atoms with Crippen molar-refractivity contribution < 1.29 is 4.21 Å². The van der Waals surface area contributed by atoms with Crippen LogP contribution in [0.1, 0.15) is 5.69 Å². The van der Waals surface area contributed by atoms with Crippen LogP contribution in [-0.4, -0.2) is 14.0 Å². The topological polar surface area (TPSA) is 60.9 Å². The van der Waals surface area contributed by atoms with Gasteiger partial charge >= 0.3 is 0 Å². The zero-order valence-electron chi connectivity index (χ0n) is 11.1. The Labute approximate surface area is 119 Å². The number of benzene rings is 2. The molecule has 0 saturated carbocycles. The van der Waals surface area contributed by atoms with Gasteiger partial charge in [-0.15, -0.1) is 0 Å². The smallest absolute Gasteiger partial charge is 0.0831 e. The highest BCUT2D eigenvalue weighted by Gasteiger charge is 2.12. The first-order chi connectivity index (χ1) is 9.65. The molecule has 0 bridgehead atoms. The molecule has 1 heterocycles. The Morgan fingerprint density at radius 3 is 2.60 bits per heavy atom. The highest BCUT2D eigenvalue weighted by Crippen LogP contribution is 2.21. The molecule has 0 amide bonds. The summed E-state index contributed by atoms with van der Waals surface area (Å²) in [5.74, 6) is 0.408. The summed E-state index contributed by atoms with van der Waals surface area (Å²) in [6.07, 6.45) is 0. The summed E-state index contributed by atoms with van der Waals surface area (Å²) in [6.45, 7) is 0. The summed E-state index contributed by atoms with van der Waals surface area (Å²) >= 11 is 0. The molecular weight excluding hydrogens is 270 g/mol. The molecule has 0 aliphatic rings. The first kappa shape index (κ1) is 12.9. The van der Waals surface area contributed by atoms with Crippen molar-refractivity contribution in [2.45, 2.75) is 10.6 Å². The Balaban J connectivity index is 1.93. The van der Waals surface area contributed by atoms with E-state index in [4.69, 9.17) is 5.73 Å². The van der Waals surface area contributed by atoms with E-state index in [1.165, 1.54) is 0 Å². The molecule has 1 atom stereocenters. The number of fused-ring (bicyclic) bond motifs is 1. The normalized spacial score (nSPS) is 12.7. The van der Waals surface area contributed by atoms with Crippen LogP contribution in [-0.2, 0) is 23.6 Å². The van der Waals surface area contributed by atoms with Gasteiger partial charge in [0.1, 0.15) is 0 Å². The van der Waals surface area contributed by atoms with Gasteiger partial charge in [-0.3, -0.25) is 8.89 Å². The minimum Gasteiger partial charge on any atom is -0.399 e. The Bertz CT molecular complexity index is 777. The molecule has 0 aliphatic carbocycles. The van der Waals surface area contributed by atoms with Gasteiger partial charge < -0.3 is 5.73 Å². The molecule has 20 heavy (non-hydrogen) atoms. The summed E-state index contributed by atoms with van der Waals surface area (Å²) < 4.78 is 14.2. The zero-order valence-corrected chi connectivity index (χ0v) is 11.9. The van der Waals surface area contributed by atoms with Crippen molar-refractivity contribution in [1.29, 1.82) is 0 Å². The molecule has 0 spiro atoms. The highest BCUT2D eigenvalue weighted by molar-refractivity contribution is 7.84. The summed E-state index contributed by atoms with van der Waals surface area (Å²) in [5.41, 5.74) is 8.23. The third kappa shape index (κ3) is 2.32. The molecule has 0 aliphatic heterocycles. The van der Waals surface area contributed by atoms with Gasteiger partial charge in [-0.2, -0.15) is 5.10 Å². The SMILES string of the molecule is Cn1nc(CS(=O)c2ccc(N)cc2)c2ccccc21. The third-order valence-electron chi connectivity index (χ3n) is 3.25. The number of nitrogens with two attached hydrogens (primary N) is 1. The van der Waals surface area contributed by atoms with Gasteiger partial charge in [0.2, 0.25) is 0 Å². The van der Waals surface area contributed by atoms with Crippen LogP contribution in [0.5, 0.6) is 0 Å². The summed E-state index contributed by atoms with van der Waals surface area (Å²) in [4.78, 5) is 0.772. The lowest BCUT2D eigenvalue weighted by Gasteiger charge is -2.01. The lowest BCUT2D eigenvalue weighted by molar-refractivity contribution is 0.681. The predicted molar refractivity (Wildman–Crippen MR) is 81.7 cm³/mol. The maximum absolute atomic E-state index is 12.4. The first-order valence-electron chi connectivity index (χ1n) is 6.29. The van der Waals surface area contributed by atoms with Crippen molar-refractivity contribution in [3.8, 4) is 0 Å². The third-order valence-corrected chi connectivity index (χ3v) is 4.58. The molecule has 1 aromatic heterocycles. The van der Waals surface area contributed by atoms with Gasteiger partial charge in [0.05, 0.1) is 27.8 Å². The van der Waals surface area contributed by atoms with Crippen LogP contribution in [0.3, 0.4) is 0 Å². The van der Waals surface area contributed by atoms with Gasteiger partial charge in [-0.05, 0) is 30.3 Å². The monoisotopic (exact) mass is 285 g/mol. The molecule has 4 nitrogen and oxygen atoms in total. The number of nitrogens with zero attached hydrogens (tertiary/aromatic N) is 2. The molecule has 0 radical (unpaired) electrons. The molecular formula is C15H15N3OS.